The van der Waals surface area contributed by atoms with E-state index in [-0.39, 0.29) is 31.3 Å². The van der Waals surface area contributed by atoms with Crippen LogP contribution in [0.3, 0.4) is 0 Å². The number of benzene rings is 4. The van der Waals surface area contributed by atoms with Gasteiger partial charge in [-0.1, -0.05) is 49.4 Å². The molecule has 4 aromatic carbocycles. The van der Waals surface area contributed by atoms with Gasteiger partial charge in [0.25, 0.3) is 5.91 Å². The zero-order valence-corrected chi connectivity index (χ0v) is 25.7. The van der Waals surface area contributed by atoms with Gasteiger partial charge in [0.15, 0.2) is 11.5 Å². The number of fused-ring (bicyclic) bond motifs is 3. The molecule has 6 rings (SSSR count). The topological polar surface area (TPSA) is 113 Å². The summed E-state index contributed by atoms with van der Waals surface area (Å²) in [6.07, 6.45) is -0.252. The Bertz CT molecular complexity index is 1710. The van der Waals surface area contributed by atoms with Crippen molar-refractivity contribution in [2.45, 2.75) is 32.5 Å². The molecule has 0 unspecified atom stereocenters. The number of rotatable bonds is 8. The molecule has 0 bridgehead atoms. The highest BCUT2D eigenvalue weighted by molar-refractivity contribution is 6.07. The zero-order chi connectivity index (χ0) is 31.5. The third kappa shape index (κ3) is 6.67. The van der Waals surface area contributed by atoms with Crippen molar-refractivity contribution in [1.82, 2.24) is 9.80 Å². The van der Waals surface area contributed by atoms with Gasteiger partial charge in [0.2, 0.25) is 6.79 Å². The van der Waals surface area contributed by atoms with Gasteiger partial charge >= 0.3 is 6.03 Å². The molecule has 2 heterocycles. The minimum Gasteiger partial charge on any atom is -0.488 e. The molecule has 3 atom stereocenters. The van der Waals surface area contributed by atoms with Crippen LogP contribution in [0.25, 0.3) is 10.8 Å². The fourth-order valence-electron chi connectivity index (χ4n) is 5.86. The first-order valence-corrected chi connectivity index (χ1v) is 15.1. The second-order valence-electron chi connectivity index (χ2n) is 11.8. The van der Waals surface area contributed by atoms with Crippen molar-refractivity contribution in [2.24, 2.45) is 5.92 Å². The molecule has 2 aliphatic rings. The van der Waals surface area contributed by atoms with Gasteiger partial charge in [-0.3, -0.25) is 9.69 Å². The van der Waals surface area contributed by atoms with Crippen LogP contribution in [-0.4, -0.2) is 72.5 Å². The van der Waals surface area contributed by atoms with Crippen LogP contribution in [0.2, 0.25) is 0 Å². The average molecular weight is 611 g/mol. The van der Waals surface area contributed by atoms with Gasteiger partial charge in [-0.2, -0.15) is 0 Å². The number of carbonyl (C=O) groups is 2. The highest BCUT2D eigenvalue weighted by Crippen LogP contribution is 2.34. The third-order valence-corrected chi connectivity index (χ3v) is 8.34. The number of carbonyl (C=O) groups excluding carboxylic acids is 2. The van der Waals surface area contributed by atoms with Crippen molar-refractivity contribution < 1.29 is 28.9 Å². The number of aliphatic hydroxyl groups is 1. The van der Waals surface area contributed by atoms with Crippen molar-refractivity contribution in [3.63, 3.8) is 0 Å². The summed E-state index contributed by atoms with van der Waals surface area (Å²) in [6.45, 7) is 5.61. The molecule has 0 fully saturated rings. The van der Waals surface area contributed by atoms with Gasteiger partial charge in [-0.15, -0.1) is 0 Å². The summed E-state index contributed by atoms with van der Waals surface area (Å²) in [6, 6.07) is 23.7. The smallest absolute Gasteiger partial charge is 0.323 e. The van der Waals surface area contributed by atoms with Gasteiger partial charge in [0.1, 0.15) is 11.9 Å². The number of anilines is 2. The molecule has 3 amide bonds. The van der Waals surface area contributed by atoms with Crippen LogP contribution >= 0.6 is 0 Å². The predicted octanol–water partition coefficient (Wildman–Crippen LogP) is 5.56. The molecule has 0 saturated carbocycles. The standard InChI is InChI=1S/C35H38N4O6/c1-22-17-39(23(2)20-40)34(41)28-16-26(36-35(42)37-29-10-6-8-25-7-4-5-9-27(25)29)12-14-30(28)45-33(22)19-38(3)18-24-11-13-31-32(15-24)44-21-43-31/h4-16,22-23,33,40H,17-21H2,1-3H3,(H2,36,37,42)/t22-,23-,33+/m0/s1. The first kappa shape index (κ1) is 30.2. The van der Waals surface area contributed by atoms with Crippen LogP contribution in [0.1, 0.15) is 29.8 Å². The molecule has 0 aliphatic carbocycles. The van der Waals surface area contributed by atoms with Crippen molar-refractivity contribution in [1.29, 1.82) is 0 Å². The third-order valence-electron chi connectivity index (χ3n) is 8.34. The van der Waals surface area contributed by atoms with Crippen molar-refractivity contribution in [2.75, 3.05) is 44.2 Å². The Morgan fingerprint density at radius 1 is 1.00 bits per heavy atom. The van der Waals surface area contributed by atoms with Crippen LogP contribution in [0.15, 0.2) is 78.9 Å². The van der Waals surface area contributed by atoms with Crippen molar-refractivity contribution in [3.05, 3.63) is 90.0 Å². The van der Waals surface area contributed by atoms with E-state index in [0.717, 1.165) is 27.8 Å². The Kier molecular flexibility index (Phi) is 8.77. The lowest BCUT2D eigenvalue weighted by atomic mass is 9.99. The zero-order valence-electron chi connectivity index (χ0n) is 25.7. The van der Waals surface area contributed by atoms with E-state index < -0.39 is 12.1 Å². The summed E-state index contributed by atoms with van der Waals surface area (Å²) in [5.74, 6) is 1.64. The van der Waals surface area contributed by atoms with Crippen molar-refractivity contribution in [3.8, 4) is 17.2 Å². The molecule has 10 heteroatoms. The number of hydrogen-bond acceptors (Lipinski definition) is 7. The second-order valence-corrected chi connectivity index (χ2v) is 11.8. The summed E-state index contributed by atoms with van der Waals surface area (Å²) in [5.41, 5.74) is 2.54. The fraction of sp³-hybridized carbons (Fsp3) is 0.314. The normalized spacial score (nSPS) is 18.2. The quantitative estimate of drug-likeness (QED) is 0.239. The number of amides is 3. The SMILES string of the molecule is C[C@H]1CN([C@@H](C)CO)C(=O)c2cc(NC(=O)Nc3cccc4ccccc34)ccc2O[C@@H]1CN(C)Cc1ccc2c(c1)OCO2. The summed E-state index contributed by atoms with van der Waals surface area (Å²) in [4.78, 5) is 30.8. The van der Waals surface area contributed by atoms with Crippen LogP contribution in [0, 0.1) is 5.92 Å². The van der Waals surface area contributed by atoms with E-state index in [1.807, 2.05) is 74.6 Å². The molecule has 234 valence electrons. The molecule has 3 N–H and O–H groups in total. The van der Waals surface area contributed by atoms with Crippen LogP contribution in [0.5, 0.6) is 17.2 Å². The summed E-state index contributed by atoms with van der Waals surface area (Å²) in [5, 5.41) is 17.7. The first-order valence-electron chi connectivity index (χ1n) is 15.1. The first-order chi connectivity index (χ1) is 21.8. The minimum absolute atomic E-state index is 0.0282. The number of nitrogens with zero attached hydrogens (tertiary/aromatic N) is 2. The van der Waals surface area contributed by atoms with E-state index in [9.17, 15) is 14.7 Å². The molecule has 45 heavy (non-hydrogen) atoms. The Labute approximate surface area is 262 Å². The monoisotopic (exact) mass is 610 g/mol. The summed E-state index contributed by atoms with van der Waals surface area (Å²) in [7, 11) is 2.03. The van der Waals surface area contributed by atoms with Gasteiger partial charge in [-0.05, 0) is 61.3 Å². The molecular weight excluding hydrogens is 572 g/mol. The largest absolute Gasteiger partial charge is 0.488 e. The highest BCUT2D eigenvalue weighted by Gasteiger charge is 2.33. The Balaban J connectivity index is 1.21. The van der Waals surface area contributed by atoms with Crippen LogP contribution < -0.4 is 24.8 Å². The molecule has 4 aromatic rings. The summed E-state index contributed by atoms with van der Waals surface area (Å²) < 4.78 is 17.5. The molecule has 10 nitrogen and oxygen atoms in total. The molecule has 0 saturated heterocycles. The Hall–Kier alpha value is -4.80. The fourth-order valence-corrected chi connectivity index (χ4v) is 5.86. The van der Waals surface area contributed by atoms with Gasteiger partial charge in [-0.25, -0.2) is 4.79 Å². The van der Waals surface area contributed by atoms with Crippen molar-refractivity contribution >= 4 is 34.1 Å². The maximum absolute atomic E-state index is 13.8. The van der Waals surface area contributed by atoms with Gasteiger partial charge in [0, 0.05) is 36.6 Å². The van der Waals surface area contributed by atoms with E-state index >= 15 is 0 Å². The molecular formula is C35H38N4O6. The van der Waals surface area contributed by atoms with Gasteiger partial charge in [0.05, 0.1) is 23.9 Å². The number of urea groups is 1. The van der Waals surface area contributed by atoms with Crippen LogP contribution in [-0.2, 0) is 6.54 Å². The number of aliphatic hydroxyl groups excluding tert-OH is 1. The Morgan fingerprint density at radius 2 is 1.78 bits per heavy atom. The average Bonchev–Trinajstić information content (AvgIpc) is 3.51. The molecule has 2 aliphatic heterocycles. The molecule has 0 aromatic heterocycles. The number of likely N-dealkylation sites (N-methyl/N-ethyl adjacent to an activating group) is 1. The highest BCUT2D eigenvalue weighted by atomic mass is 16.7. The van der Waals surface area contributed by atoms with Gasteiger partial charge < -0.3 is 34.9 Å². The minimum atomic E-state index is -0.428. The lowest BCUT2D eigenvalue weighted by Gasteiger charge is -2.38. The number of nitrogens with one attached hydrogen (secondary N) is 2. The van der Waals surface area contributed by atoms with E-state index in [1.54, 1.807) is 23.1 Å². The Morgan fingerprint density at radius 3 is 2.62 bits per heavy atom. The van der Waals surface area contributed by atoms with E-state index in [4.69, 9.17) is 14.2 Å². The number of ether oxygens (including phenoxy) is 3. The van der Waals surface area contributed by atoms with E-state index in [2.05, 4.69) is 22.5 Å². The molecule has 0 radical (unpaired) electrons. The van der Waals surface area contributed by atoms with Crippen LogP contribution in [0.4, 0.5) is 16.2 Å². The lowest BCUT2D eigenvalue weighted by molar-refractivity contribution is 0.0341. The number of hydrogen-bond donors (Lipinski definition) is 3. The maximum Gasteiger partial charge on any atom is 0.323 e. The van der Waals surface area contributed by atoms with E-state index in [0.29, 0.717) is 42.3 Å². The lowest BCUT2D eigenvalue weighted by Crippen LogP contribution is -2.49. The summed E-state index contributed by atoms with van der Waals surface area (Å²) >= 11 is 0. The predicted molar refractivity (Wildman–Crippen MR) is 173 cm³/mol. The second kappa shape index (κ2) is 13.1. The maximum atomic E-state index is 13.8. The molecule has 0 spiro atoms. The van der Waals surface area contributed by atoms with E-state index in [1.165, 1.54) is 0 Å².